The molecular formula is C10H11NO3S2. The van der Waals surface area contributed by atoms with E-state index in [-0.39, 0.29) is 0 Å². The van der Waals surface area contributed by atoms with Gasteiger partial charge in [-0.2, -0.15) is 8.42 Å². The zero-order valence-electron chi connectivity index (χ0n) is 8.57. The van der Waals surface area contributed by atoms with Crippen molar-refractivity contribution in [1.29, 1.82) is 0 Å². The van der Waals surface area contributed by atoms with Crippen molar-refractivity contribution in [1.82, 2.24) is 0 Å². The van der Waals surface area contributed by atoms with Crippen LogP contribution < -0.4 is 0 Å². The number of rotatable bonds is 0. The highest BCUT2D eigenvalue weighted by Gasteiger charge is 1.98. The fraction of sp³-hybridized carbons (Fsp3) is 0.100. The second-order valence-corrected chi connectivity index (χ2v) is 5.34. The Morgan fingerprint density at radius 1 is 1.31 bits per heavy atom. The molecule has 0 bridgehead atoms. The van der Waals surface area contributed by atoms with Gasteiger partial charge in [0.05, 0.1) is 11.9 Å². The van der Waals surface area contributed by atoms with Gasteiger partial charge in [0, 0.05) is 11.1 Å². The van der Waals surface area contributed by atoms with Gasteiger partial charge in [-0.25, -0.2) is 0 Å². The summed E-state index contributed by atoms with van der Waals surface area (Å²) in [5, 5.41) is 2.04. The molecule has 0 amide bonds. The van der Waals surface area contributed by atoms with Gasteiger partial charge in [0.25, 0.3) is 10.1 Å². The van der Waals surface area contributed by atoms with Gasteiger partial charge < -0.3 is 0 Å². The first kappa shape index (κ1) is 13.0. The minimum atomic E-state index is -3.67. The van der Waals surface area contributed by atoms with Crippen molar-refractivity contribution in [2.75, 3.05) is 6.26 Å². The zero-order chi connectivity index (χ0) is 12.0. The monoisotopic (exact) mass is 257 g/mol. The summed E-state index contributed by atoms with van der Waals surface area (Å²) in [6.45, 7) is 0. The second-order valence-electron chi connectivity index (χ2n) is 2.93. The molecule has 0 fully saturated rings. The molecule has 1 N–H and O–H groups in total. The van der Waals surface area contributed by atoms with Gasteiger partial charge in [0.1, 0.15) is 0 Å². The number of hydrogen-bond acceptors (Lipinski definition) is 4. The fourth-order valence-corrected chi connectivity index (χ4v) is 1.63. The van der Waals surface area contributed by atoms with Gasteiger partial charge in [-0.15, -0.1) is 0 Å². The van der Waals surface area contributed by atoms with Gasteiger partial charge in [0.2, 0.25) is 0 Å². The lowest BCUT2D eigenvalue weighted by atomic mass is 10.3. The summed E-state index contributed by atoms with van der Waals surface area (Å²) in [7, 11) is -3.67. The van der Waals surface area contributed by atoms with E-state index in [0.717, 1.165) is 5.69 Å². The lowest BCUT2D eigenvalue weighted by Crippen LogP contribution is -1.88. The van der Waals surface area contributed by atoms with Gasteiger partial charge in [0.15, 0.2) is 0 Å². The van der Waals surface area contributed by atoms with E-state index in [1.165, 1.54) is 4.90 Å². The highest BCUT2D eigenvalue weighted by molar-refractivity contribution is 8.02. The molecule has 86 valence electrons. The number of thioether (sulfide) groups is 1. The van der Waals surface area contributed by atoms with Crippen LogP contribution in [0.25, 0.3) is 0 Å². The van der Waals surface area contributed by atoms with Crippen LogP contribution >= 0.6 is 11.8 Å². The van der Waals surface area contributed by atoms with Crippen LogP contribution in [0.3, 0.4) is 0 Å². The summed E-state index contributed by atoms with van der Waals surface area (Å²) >= 11 is 1.70. The van der Waals surface area contributed by atoms with Crippen LogP contribution in [0.2, 0.25) is 0 Å². The smallest absolute Gasteiger partial charge is 0.261 e. The molecule has 0 radical (unpaired) electrons. The minimum absolute atomic E-state index is 0.715. The number of fused-ring (bicyclic) bond motifs is 1. The van der Waals surface area contributed by atoms with Crippen LogP contribution in [-0.4, -0.2) is 25.4 Å². The number of nitrogens with zero attached hydrogens (tertiary/aromatic N) is 1. The number of aliphatic imine (C=N–C) groups is 1. The first-order chi connectivity index (χ1) is 7.47. The Hall–Kier alpha value is -1.11. The second kappa shape index (κ2) is 5.83. The van der Waals surface area contributed by atoms with Gasteiger partial charge in [-0.05, 0) is 23.6 Å². The highest BCUT2D eigenvalue weighted by atomic mass is 32.2. The first-order valence-electron chi connectivity index (χ1n) is 4.34. The van der Waals surface area contributed by atoms with Crippen molar-refractivity contribution < 1.29 is 13.0 Å². The average Bonchev–Trinajstić information content (AvgIpc) is 2.39. The van der Waals surface area contributed by atoms with E-state index in [2.05, 4.69) is 11.1 Å². The minimum Gasteiger partial charge on any atom is -0.286 e. The maximum atomic E-state index is 9.19. The molecule has 1 aliphatic rings. The number of allylic oxidation sites excluding steroid dienone is 1. The summed E-state index contributed by atoms with van der Waals surface area (Å²) < 4.78 is 25.9. The molecule has 0 spiro atoms. The van der Waals surface area contributed by atoms with E-state index in [0.29, 0.717) is 6.26 Å². The summed E-state index contributed by atoms with van der Waals surface area (Å²) in [5.74, 6) is 0. The lowest BCUT2D eigenvalue weighted by Gasteiger charge is -1.97. The summed E-state index contributed by atoms with van der Waals surface area (Å²) in [5.41, 5.74) is 1.06. The summed E-state index contributed by atoms with van der Waals surface area (Å²) in [6.07, 6.45) is 4.48. The Bertz CT molecular complexity index is 499. The van der Waals surface area contributed by atoms with Crippen molar-refractivity contribution in [2.45, 2.75) is 4.90 Å². The molecule has 0 saturated heterocycles. The Morgan fingerprint density at radius 2 is 1.94 bits per heavy atom. The van der Waals surface area contributed by atoms with Gasteiger partial charge >= 0.3 is 0 Å². The third-order valence-corrected chi connectivity index (χ3v) is 2.33. The van der Waals surface area contributed by atoms with E-state index < -0.39 is 10.1 Å². The van der Waals surface area contributed by atoms with Crippen molar-refractivity contribution in [3.8, 4) is 0 Å². The third kappa shape index (κ3) is 5.69. The molecule has 1 heterocycles. The van der Waals surface area contributed by atoms with E-state index in [4.69, 9.17) is 4.55 Å². The molecule has 0 atom stereocenters. The maximum absolute atomic E-state index is 9.19. The zero-order valence-corrected chi connectivity index (χ0v) is 10.2. The number of hydrogen-bond donors (Lipinski definition) is 1. The van der Waals surface area contributed by atoms with Crippen molar-refractivity contribution >= 4 is 33.8 Å². The van der Waals surface area contributed by atoms with E-state index in [1.807, 2.05) is 35.9 Å². The summed E-state index contributed by atoms with van der Waals surface area (Å²) in [4.78, 5) is 5.47. The molecule has 4 nitrogen and oxygen atoms in total. The van der Waals surface area contributed by atoms with Crippen molar-refractivity contribution in [2.24, 2.45) is 4.99 Å². The Balaban J connectivity index is 0.000000221. The molecule has 0 saturated carbocycles. The number of para-hydroxylation sites is 1. The van der Waals surface area contributed by atoms with Crippen LogP contribution in [0.15, 0.2) is 45.6 Å². The number of benzene rings is 1. The fourth-order valence-electron chi connectivity index (χ4n) is 0.935. The SMILES string of the molecule is C1=CSc2ccccc2N=C1.CS(=O)(=O)O. The van der Waals surface area contributed by atoms with Gasteiger partial charge in [-0.1, -0.05) is 23.9 Å². The molecule has 16 heavy (non-hydrogen) atoms. The van der Waals surface area contributed by atoms with Crippen LogP contribution in [0, 0.1) is 0 Å². The van der Waals surface area contributed by atoms with Crippen LogP contribution in [0.5, 0.6) is 0 Å². The van der Waals surface area contributed by atoms with Crippen LogP contribution in [0.1, 0.15) is 0 Å². The molecular weight excluding hydrogens is 246 g/mol. The predicted molar refractivity (Wildman–Crippen MR) is 67.1 cm³/mol. The average molecular weight is 257 g/mol. The topological polar surface area (TPSA) is 66.7 Å². The summed E-state index contributed by atoms with van der Waals surface area (Å²) in [6, 6.07) is 8.13. The quantitative estimate of drug-likeness (QED) is 0.725. The lowest BCUT2D eigenvalue weighted by molar-refractivity contribution is 0.490. The molecule has 6 heteroatoms. The van der Waals surface area contributed by atoms with Crippen LogP contribution in [-0.2, 0) is 10.1 Å². The standard InChI is InChI=1S/C9H7NS.CH4O3S/c1-2-5-9-8(4-1)10-6-3-7-11-9;1-5(2,3)4/h1-7H;1H3,(H,2,3,4). The molecule has 1 aromatic carbocycles. The van der Waals surface area contributed by atoms with E-state index >= 15 is 0 Å². The Morgan fingerprint density at radius 3 is 2.62 bits per heavy atom. The first-order valence-corrected chi connectivity index (χ1v) is 7.07. The Labute approximate surface area is 98.8 Å². The highest BCUT2D eigenvalue weighted by Crippen LogP contribution is 2.30. The largest absolute Gasteiger partial charge is 0.286 e. The van der Waals surface area contributed by atoms with E-state index in [9.17, 15) is 8.42 Å². The Kier molecular flexibility index (Phi) is 4.72. The predicted octanol–water partition coefficient (Wildman–Crippen LogP) is 2.51. The molecule has 0 aliphatic carbocycles. The molecule has 1 aliphatic heterocycles. The van der Waals surface area contributed by atoms with Crippen molar-refractivity contribution in [3.05, 3.63) is 35.7 Å². The van der Waals surface area contributed by atoms with Crippen LogP contribution in [0.4, 0.5) is 5.69 Å². The normalized spacial score (nSPS) is 13.4. The van der Waals surface area contributed by atoms with E-state index in [1.54, 1.807) is 11.8 Å². The molecule has 1 aromatic rings. The van der Waals surface area contributed by atoms with Gasteiger partial charge in [-0.3, -0.25) is 9.55 Å². The third-order valence-electron chi connectivity index (χ3n) is 1.44. The molecule has 2 rings (SSSR count). The molecule has 0 unspecified atom stereocenters. The maximum Gasteiger partial charge on any atom is 0.261 e. The molecule has 0 aromatic heterocycles. The van der Waals surface area contributed by atoms with Crippen molar-refractivity contribution in [3.63, 3.8) is 0 Å².